The molecule has 0 atom stereocenters. The minimum absolute atomic E-state index is 0.00424. The molecule has 2 aromatic heterocycles. The highest BCUT2D eigenvalue weighted by Gasteiger charge is 2.29. The second kappa shape index (κ2) is 6.26. The molecule has 0 amide bonds. The number of fused-ring (bicyclic) bond motifs is 1. The van der Waals surface area contributed by atoms with Crippen molar-refractivity contribution in [3.05, 3.63) is 45.1 Å². The van der Waals surface area contributed by atoms with Gasteiger partial charge in [0.25, 0.3) is 0 Å². The lowest BCUT2D eigenvalue weighted by molar-refractivity contribution is 0.0897. The summed E-state index contributed by atoms with van der Waals surface area (Å²) in [5.41, 5.74) is 1.20. The molecule has 1 aliphatic rings. The topological polar surface area (TPSA) is 60.1 Å². The normalized spacial score (nSPS) is 17.1. The van der Waals surface area contributed by atoms with Gasteiger partial charge in [-0.15, -0.1) is 0 Å². The quantitative estimate of drug-likeness (QED) is 0.785. The molecular formula is C19H26N4O2. The first-order chi connectivity index (χ1) is 11.7. The fourth-order valence-electron chi connectivity index (χ4n) is 3.59. The fourth-order valence-corrected chi connectivity index (χ4v) is 3.59. The van der Waals surface area contributed by atoms with E-state index in [1.54, 1.807) is 23.9 Å². The Morgan fingerprint density at radius 3 is 2.40 bits per heavy atom. The summed E-state index contributed by atoms with van der Waals surface area (Å²) in [7, 11) is 1.62. The van der Waals surface area contributed by atoms with Crippen LogP contribution in [0.2, 0.25) is 0 Å². The van der Waals surface area contributed by atoms with Crippen molar-refractivity contribution in [2.75, 3.05) is 13.1 Å². The number of aromatic nitrogens is 3. The van der Waals surface area contributed by atoms with Crippen LogP contribution in [0.25, 0.3) is 17.2 Å². The Labute approximate surface area is 147 Å². The molecule has 0 saturated carbocycles. The summed E-state index contributed by atoms with van der Waals surface area (Å²) in [6, 6.07) is 1.86. The third kappa shape index (κ3) is 3.06. The van der Waals surface area contributed by atoms with Crippen LogP contribution >= 0.6 is 0 Å². The zero-order chi connectivity index (χ0) is 18.4. The van der Waals surface area contributed by atoms with E-state index in [0.29, 0.717) is 11.2 Å². The van der Waals surface area contributed by atoms with Crippen molar-refractivity contribution in [1.82, 2.24) is 19.0 Å². The van der Waals surface area contributed by atoms with Gasteiger partial charge in [-0.05, 0) is 45.2 Å². The maximum atomic E-state index is 12.7. The zero-order valence-electron chi connectivity index (χ0n) is 15.5. The van der Waals surface area contributed by atoms with Crippen molar-refractivity contribution in [2.24, 2.45) is 7.05 Å². The van der Waals surface area contributed by atoms with Gasteiger partial charge in [-0.1, -0.05) is 12.7 Å². The van der Waals surface area contributed by atoms with Gasteiger partial charge in [-0.2, -0.15) is 0 Å². The Morgan fingerprint density at radius 1 is 1.20 bits per heavy atom. The standard InChI is InChI=1S/C19H26N4O2/c1-6-13-11-15-16(20-12-13)23(18(25)17(24)21(15)5)14-7-9-22(10-8-14)19(2,3)4/h6,11-12,14H,1,7-10H2,2-5H3. The van der Waals surface area contributed by atoms with Crippen LogP contribution in [0.15, 0.2) is 28.4 Å². The van der Waals surface area contributed by atoms with Crippen molar-refractivity contribution in [1.29, 1.82) is 0 Å². The Morgan fingerprint density at radius 2 is 1.84 bits per heavy atom. The molecule has 0 unspecified atom stereocenters. The van der Waals surface area contributed by atoms with E-state index in [0.717, 1.165) is 31.5 Å². The first kappa shape index (κ1) is 17.6. The lowest BCUT2D eigenvalue weighted by Crippen LogP contribution is -2.49. The Hall–Kier alpha value is -2.21. The molecule has 3 rings (SSSR count). The number of likely N-dealkylation sites (tertiary alicyclic amines) is 1. The van der Waals surface area contributed by atoms with Crippen LogP contribution in [0.1, 0.15) is 45.2 Å². The Balaban J connectivity index is 2.10. The summed E-state index contributed by atoms with van der Waals surface area (Å²) in [6.45, 7) is 12.2. The molecule has 25 heavy (non-hydrogen) atoms. The van der Waals surface area contributed by atoms with Crippen molar-refractivity contribution < 1.29 is 0 Å². The van der Waals surface area contributed by atoms with Crippen molar-refractivity contribution >= 4 is 17.2 Å². The Kier molecular flexibility index (Phi) is 4.41. The van der Waals surface area contributed by atoms with Gasteiger partial charge >= 0.3 is 11.1 Å². The summed E-state index contributed by atoms with van der Waals surface area (Å²) in [5.74, 6) is 0. The van der Waals surface area contributed by atoms with E-state index in [9.17, 15) is 9.59 Å². The minimum atomic E-state index is -0.506. The van der Waals surface area contributed by atoms with E-state index in [-0.39, 0.29) is 11.6 Å². The lowest BCUT2D eigenvalue weighted by atomic mass is 9.98. The maximum Gasteiger partial charge on any atom is 0.318 e. The van der Waals surface area contributed by atoms with Crippen LogP contribution in [-0.2, 0) is 7.05 Å². The molecule has 0 bridgehead atoms. The summed E-state index contributed by atoms with van der Waals surface area (Å²) >= 11 is 0. The summed E-state index contributed by atoms with van der Waals surface area (Å²) in [4.78, 5) is 32.0. The number of pyridine rings is 1. The van der Waals surface area contributed by atoms with Crippen LogP contribution in [-0.4, -0.2) is 37.6 Å². The van der Waals surface area contributed by atoms with Gasteiger partial charge in [0.1, 0.15) is 0 Å². The van der Waals surface area contributed by atoms with Crippen molar-refractivity contribution in [2.45, 2.75) is 45.2 Å². The number of aryl methyl sites for hydroxylation is 1. The first-order valence-corrected chi connectivity index (χ1v) is 8.73. The van der Waals surface area contributed by atoms with Crippen molar-refractivity contribution in [3.8, 4) is 0 Å². The highest BCUT2D eigenvalue weighted by Crippen LogP contribution is 2.27. The minimum Gasteiger partial charge on any atom is -0.304 e. The summed E-state index contributed by atoms with van der Waals surface area (Å²) in [5, 5.41) is 0. The average molecular weight is 342 g/mol. The number of nitrogens with zero attached hydrogens (tertiary/aromatic N) is 4. The number of rotatable bonds is 2. The van der Waals surface area contributed by atoms with E-state index < -0.39 is 11.1 Å². The van der Waals surface area contributed by atoms with Gasteiger partial charge in [0, 0.05) is 37.9 Å². The monoisotopic (exact) mass is 342 g/mol. The van der Waals surface area contributed by atoms with Crippen LogP contribution in [0.3, 0.4) is 0 Å². The molecule has 6 heteroatoms. The molecule has 0 spiro atoms. The number of piperidine rings is 1. The van der Waals surface area contributed by atoms with Gasteiger partial charge in [-0.25, -0.2) is 4.98 Å². The summed E-state index contributed by atoms with van der Waals surface area (Å²) < 4.78 is 3.00. The predicted octanol–water partition coefficient (Wildman–Crippen LogP) is 2.17. The zero-order valence-corrected chi connectivity index (χ0v) is 15.5. The largest absolute Gasteiger partial charge is 0.318 e. The molecule has 0 radical (unpaired) electrons. The van der Waals surface area contributed by atoms with Gasteiger partial charge in [0.2, 0.25) is 0 Å². The number of hydrogen-bond donors (Lipinski definition) is 0. The smallest absolute Gasteiger partial charge is 0.304 e. The van der Waals surface area contributed by atoms with Crippen LogP contribution in [0.4, 0.5) is 0 Å². The van der Waals surface area contributed by atoms with Crippen LogP contribution in [0.5, 0.6) is 0 Å². The molecule has 3 heterocycles. The maximum absolute atomic E-state index is 12.7. The highest BCUT2D eigenvalue weighted by atomic mass is 16.2. The van der Waals surface area contributed by atoms with Gasteiger partial charge in [-0.3, -0.25) is 19.1 Å². The van der Waals surface area contributed by atoms with E-state index >= 15 is 0 Å². The molecule has 1 fully saturated rings. The molecule has 6 nitrogen and oxygen atoms in total. The van der Waals surface area contributed by atoms with Crippen LogP contribution < -0.4 is 11.1 Å². The van der Waals surface area contributed by atoms with E-state index in [1.165, 1.54) is 4.57 Å². The molecule has 0 N–H and O–H groups in total. The van der Waals surface area contributed by atoms with Gasteiger partial charge < -0.3 is 4.57 Å². The molecule has 0 aromatic carbocycles. The van der Waals surface area contributed by atoms with Crippen molar-refractivity contribution in [3.63, 3.8) is 0 Å². The second-order valence-electron chi connectivity index (χ2n) is 7.74. The predicted molar refractivity (Wildman–Crippen MR) is 101 cm³/mol. The first-order valence-electron chi connectivity index (χ1n) is 8.73. The molecule has 2 aromatic rings. The molecule has 134 valence electrons. The highest BCUT2D eigenvalue weighted by molar-refractivity contribution is 5.73. The van der Waals surface area contributed by atoms with E-state index in [4.69, 9.17) is 0 Å². The fraction of sp³-hybridized carbons (Fsp3) is 0.526. The molecule has 1 saturated heterocycles. The van der Waals surface area contributed by atoms with Gasteiger partial charge in [0.05, 0.1) is 5.52 Å². The van der Waals surface area contributed by atoms with Gasteiger partial charge in [0.15, 0.2) is 5.65 Å². The lowest BCUT2D eigenvalue weighted by Gasteiger charge is -2.41. The molecule has 0 aliphatic carbocycles. The van der Waals surface area contributed by atoms with Crippen LogP contribution in [0, 0.1) is 0 Å². The Bertz CT molecular complexity index is 925. The average Bonchev–Trinajstić information content (AvgIpc) is 2.59. The SMILES string of the molecule is C=Cc1cnc2c(c1)n(C)c(=O)c(=O)n2C1CCN(C(C)(C)C)CC1. The second-order valence-corrected chi connectivity index (χ2v) is 7.74. The third-order valence-corrected chi connectivity index (χ3v) is 5.18. The summed E-state index contributed by atoms with van der Waals surface area (Å²) in [6.07, 6.45) is 5.06. The van der Waals surface area contributed by atoms with E-state index in [1.807, 2.05) is 6.07 Å². The third-order valence-electron chi connectivity index (χ3n) is 5.18. The molecular weight excluding hydrogens is 316 g/mol. The molecule has 1 aliphatic heterocycles. The number of hydrogen-bond acceptors (Lipinski definition) is 4. The van der Waals surface area contributed by atoms with E-state index in [2.05, 4.69) is 37.2 Å².